The van der Waals surface area contributed by atoms with Crippen molar-refractivity contribution >= 4 is 11.0 Å². The Kier molecular flexibility index (Phi) is 4.33. The second-order valence-corrected chi connectivity index (χ2v) is 5.81. The molecule has 0 bridgehead atoms. The number of fused-ring (bicyclic) bond motifs is 1. The number of nitrogens with one attached hydrogen (secondary N) is 1. The van der Waals surface area contributed by atoms with E-state index in [9.17, 15) is 0 Å². The van der Waals surface area contributed by atoms with Crippen molar-refractivity contribution in [3.63, 3.8) is 0 Å². The molecule has 0 spiro atoms. The van der Waals surface area contributed by atoms with E-state index in [1.54, 1.807) is 0 Å². The maximum Gasteiger partial charge on any atom is 0.0958 e. The summed E-state index contributed by atoms with van der Waals surface area (Å²) in [6, 6.07) is 9.05. The fraction of sp³-hybridized carbons (Fsp3) is 0.562. The van der Waals surface area contributed by atoms with E-state index in [2.05, 4.69) is 45.0 Å². The average Bonchev–Trinajstić information content (AvgIpc) is 2.89. The molecule has 2 aromatic rings. The van der Waals surface area contributed by atoms with Gasteiger partial charge in [0, 0.05) is 12.6 Å². The molecule has 1 aromatic carbocycles. The molecule has 0 unspecified atom stereocenters. The number of imidazole rings is 1. The molecule has 4 nitrogen and oxygen atoms in total. The van der Waals surface area contributed by atoms with Crippen LogP contribution in [0.25, 0.3) is 11.0 Å². The Morgan fingerprint density at radius 3 is 2.90 bits per heavy atom. The highest BCUT2D eigenvalue weighted by molar-refractivity contribution is 5.74. The molecule has 0 aliphatic carbocycles. The largest absolute Gasteiger partial charge is 0.331 e. The maximum absolute atomic E-state index is 4.43. The van der Waals surface area contributed by atoms with E-state index < -0.39 is 0 Å². The van der Waals surface area contributed by atoms with Crippen molar-refractivity contribution in [2.45, 2.75) is 31.8 Å². The quantitative estimate of drug-likeness (QED) is 0.846. The van der Waals surface area contributed by atoms with Gasteiger partial charge in [-0.3, -0.25) is 0 Å². The number of hydrogen-bond donors (Lipinski definition) is 1. The second kappa shape index (κ2) is 6.37. The standard InChI is InChI=1S/C16H24N4/c1-19-11-7-14(8-12-19)17-9-4-10-20-13-18-15-5-2-3-6-16(15)20/h2-3,5-6,13-14,17H,4,7-12H2,1H3. The highest BCUT2D eigenvalue weighted by Gasteiger charge is 2.15. The number of aromatic nitrogens is 2. The highest BCUT2D eigenvalue weighted by Crippen LogP contribution is 2.12. The Morgan fingerprint density at radius 2 is 2.05 bits per heavy atom. The molecule has 0 atom stereocenters. The zero-order chi connectivity index (χ0) is 13.8. The molecule has 20 heavy (non-hydrogen) atoms. The summed E-state index contributed by atoms with van der Waals surface area (Å²) < 4.78 is 2.26. The lowest BCUT2D eigenvalue weighted by Crippen LogP contribution is -2.41. The minimum absolute atomic E-state index is 0.714. The summed E-state index contributed by atoms with van der Waals surface area (Å²) in [5.74, 6) is 0. The molecule has 0 saturated carbocycles. The molecule has 2 heterocycles. The van der Waals surface area contributed by atoms with Gasteiger partial charge in [-0.1, -0.05) is 12.1 Å². The van der Waals surface area contributed by atoms with Gasteiger partial charge >= 0.3 is 0 Å². The zero-order valence-electron chi connectivity index (χ0n) is 12.3. The third-order valence-corrected chi connectivity index (χ3v) is 4.25. The van der Waals surface area contributed by atoms with E-state index in [1.165, 1.54) is 31.4 Å². The van der Waals surface area contributed by atoms with Gasteiger partial charge in [0.15, 0.2) is 0 Å². The van der Waals surface area contributed by atoms with Crippen LogP contribution in [0.2, 0.25) is 0 Å². The molecule has 108 valence electrons. The van der Waals surface area contributed by atoms with Crippen molar-refractivity contribution < 1.29 is 0 Å². The lowest BCUT2D eigenvalue weighted by Gasteiger charge is -2.29. The minimum Gasteiger partial charge on any atom is -0.331 e. The van der Waals surface area contributed by atoms with Gasteiger partial charge in [-0.05, 0) is 58.1 Å². The fourth-order valence-electron chi connectivity index (χ4n) is 2.96. The smallest absolute Gasteiger partial charge is 0.0958 e. The summed E-state index contributed by atoms with van der Waals surface area (Å²) in [5, 5.41) is 3.69. The highest BCUT2D eigenvalue weighted by atomic mass is 15.1. The van der Waals surface area contributed by atoms with Crippen LogP contribution in [0.15, 0.2) is 30.6 Å². The topological polar surface area (TPSA) is 33.1 Å². The molecular weight excluding hydrogens is 248 g/mol. The summed E-state index contributed by atoms with van der Waals surface area (Å²) in [4.78, 5) is 6.85. The van der Waals surface area contributed by atoms with Crippen LogP contribution >= 0.6 is 0 Å². The predicted molar refractivity (Wildman–Crippen MR) is 82.9 cm³/mol. The third kappa shape index (κ3) is 3.19. The first-order chi connectivity index (χ1) is 9.83. The Morgan fingerprint density at radius 1 is 1.25 bits per heavy atom. The molecule has 1 aliphatic rings. The summed E-state index contributed by atoms with van der Waals surface area (Å²) in [6.07, 6.45) is 5.68. The van der Waals surface area contributed by atoms with Crippen LogP contribution in [0.4, 0.5) is 0 Å². The molecule has 1 N–H and O–H groups in total. The number of aryl methyl sites for hydroxylation is 1. The molecule has 1 aliphatic heterocycles. The number of para-hydroxylation sites is 2. The Hall–Kier alpha value is -1.39. The van der Waals surface area contributed by atoms with Gasteiger partial charge in [-0.25, -0.2) is 4.98 Å². The molecule has 1 fully saturated rings. The van der Waals surface area contributed by atoms with Crippen LogP contribution in [-0.2, 0) is 6.54 Å². The van der Waals surface area contributed by atoms with Gasteiger partial charge in [0.1, 0.15) is 0 Å². The summed E-state index contributed by atoms with van der Waals surface area (Å²) in [7, 11) is 2.21. The van der Waals surface area contributed by atoms with Crippen molar-refractivity contribution in [3.05, 3.63) is 30.6 Å². The average molecular weight is 272 g/mol. The number of nitrogens with zero attached hydrogens (tertiary/aromatic N) is 3. The van der Waals surface area contributed by atoms with Gasteiger partial charge in [0.25, 0.3) is 0 Å². The van der Waals surface area contributed by atoms with E-state index in [4.69, 9.17) is 0 Å². The first-order valence-corrected chi connectivity index (χ1v) is 7.65. The van der Waals surface area contributed by atoms with Crippen LogP contribution in [-0.4, -0.2) is 47.2 Å². The molecule has 4 heteroatoms. The molecule has 3 rings (SSSR count). The summed E-state index contributed by atoms with van der Waals surface area (Å²) >= 11 is 0. The second-order valence-electron chi connectivity index (χ2n) is 5.81. The monoisotopic (exact) mass is 272 g/mol. The third-order valence-electron chi connectivity index (χ3n) is 4.25. The van der Waals surface area contributed by atoms with Crippen LogP contribution < -0.4 is 5.32 Å². The number of rotatable bonds is 5. The first-order valence-electron chi connectivity index (χ1n) is 7.65. The van der Waals surface area contributed by atoms with Gasteiger partial charge < -0.3 is 14.8 Å². The van der Waals surface area contributed by atoms with E-state index >= 15 is 0 Å². The van der Waals surface area contributed by atoms with Gasteiger partial charge in [-0.2, -0.15) is 0 Å². The van der Waals surface area contributed by atoms with Gasteiger partial charge in [0.2, 0.25) is 0 Å². The number of benzene rings is 1. The lowest BCUT2D eigenvalue weighted by molar-refractivity contribution is 0.234. The maximum atomic E-state index is 4.43. The van der Waals surface area contributed by atoms with Crippen molar-refractivity contribution in [2.24, 2.45) is 0 Å². The molecule has 1 aromatic heterocycles. The van der Waals surface area contributed by atoms with E-state index in [1.807, 2.05) is 12.4 Å². The van der Waals surface area contributed by atoms with E-state index in [0.717, 1.165) is 25.0 Å². The van der Waals surface area contributed by atoms with Crippen LogP contribution in [0, 0.1) is 0 Å². The Bertz CT molecular complexity index is 540. The van der Waals surface area contributed by atoms with Gasteiger partial charge in [0.05, 0.1) is 17.4 Å². The van der Waals surface area contributed by atoms with Crippen molar-refractivity contribution in [3.8, 4) is 0 Å². The van der Waals surface area contributed by atoms with E-state index in [0.29, 0.717) is 6.04 Å². The summed E-state index contributed by atoms with van der Waals surface area (Å²) in [6.45, 7) is 4.59. The number of piperidine rings is 1. The minimum atomic E-state index is 0.714. The molecule has 0 amide bonds. The first kappa shape index (κ1) is 13.6. The summed E-state index contributed by atoms with van der Waals surface area (Å²) in [5.41, 5.74) is 2.34. The van der Waals surface area contributed by atoms with E-state index in [-0.39, 0.29) is 0 Å². The van der Waals surface area contributed by atoms with Crippen LogP contribution in [0.3, 0.4) is 0 Å². The predicted octanol–water partition coefficient (Wildman–Crippen LogP) is 2.11. The van der Waals surface area contributed by atoms with Gasteiger partial charge in [-0.15, -0.1) is 0 Å². The molecule has 0 radical (unpaired) electrons. The van der Waals surface area contributed by atoms with Crippen molar-refractivity contribution in [1.29, 1.82) is 0 Å². The Balaban J connectivity index is 1.44. The normalized spacial score (nSPS) is 17.9. The lowest BCUT2D eigenvalue weighted by atomic mass is 10.1. The zero-order valence-corrected chi connectivity index (χ0v) is 12.3. The SMILES string of the molecule is CN1CCC(NCCCn2cnc3ccccc32)CC1. The van der Waals surface area contributed by atoms with Crippen LogP contribution in [0.5, 0.6) is 0 Å². The van der Waals surface area contributed by atoms with Crippen molar-refractivity contribution in [1.82, 2.24) is 19.8 Å². The number of likely N-dealkylation sites (tertiary alicyclic amines) is 1. The number of hydrogen-bond acceptors (Lipinski definition) is 3. The van der Waals surface area contributed by atoms with Crippen LogP contribution in [0.1, 0.15) is 19.3 Å². The molecule has 1 saturated heterocycles. The van der Waals surface area contributed by atoms with Crippen molar-refractivity contribution in [2.75, 3.05) is 26.7 Å². The fourth-order valence-corrected chi connectivity index (χ4v) is 2.96. The molecular formula is C16H24N4. The Labute approximate surface area is 120 Å².